The number of hydrogen-bond acceptors (Lipinski definition) is 3. The number of rotatable bonds is 8. The summed E-state index contributed by atoms with van der Waals surface area (Å²) in [6.45, 7) is 6.09. The number of anilines is 1. The number of benzene rings is 2. The molecule has 152 valence electrons. The summed E-state index contributed by atoms with van der Waals surface area (Å²) < 4.78 is 38.4. The van der Waals surface area contributed by atoms with Gasteiger partial charge in [-0.2, -0.15) is 0 Å². The van der Waals surface area contributed by atoms with E-state index < -0.39 is 15.8 Å². The van der Waals surface area contributed by atoms with E-state index in [-0.39, 0.29) is 24.9 Å². The van der Waals surface area contributed by atoms with Crippen molar-refractivity contribution < 1.29 is 17.6 Å². The van der Waals surface area contributed by atoms with Gasteiger partial charge in [0.05, 0.1) is 18.0 Å². The van der Waals surface area contributed by atoms with E-state index in [4.69, 9.17) is 0 Å². The molecule has 2 aromatic carbocycles. The number of nitrogens with one attached hydrogen (secondary N) is 1. The maximum Gasteiger partial charge on any atom is 0.232 e. The third-order valence-corrected chi connectivity index (χ3v) is 5.75. The van der Waals surface area contributed by atoms with Gasteiger partial charge in [0.1, 0.15) is 5.82 Å². The molecule has 0 aliphatic heterocycles. The number of halogens is 1. The molecule has 0 saturated carbocycles. The van der Waals surface area contributed by atoms with Crippen LogP contribution in [0.4, 0.5) is 10.1 Å². The Morgan fingerprint density at radius 3 is 2.39 bits per heavy atom. The number of nitrogens with zero attached hydrogens (tertiary/aromatic N) is 1. The topological polar surface area (TPSA) is 66.5 Å². The van der Waals surface area contributed by atoms with Gasteiger partial charge in [-0.05, 0) is 62.6 Å². The summed E-state index contributed by atoms with van der Waals surface area (Å²) in [5.41, 5.74) is 3.69. The second-order valence-corrected chi connectivity index (χ2v) is 8.97. The monoisotopic (exact) mass is 406 g/mol. The van der Waals surface area contributed by atoms with E-state index in [1.54, 1.807) is 0 Å². The Hall–Kier alpha value is -2.41. The van der Waals surface area contributed by atoms with E-state index in [9.17, 15) is 17.6 Å². The standard InChI is InChI=1S/C21H27FN2O3S/c1-15-7-8-16(2)20(14-15)17(3)23-21(25)6-5-13-24(28(4,26)27)19-11-9-18(22)10-12-19/h7-12,14,17H,5-6,13H2,1-4H3,(H,23,25)/t17-/m1/s1. The predicted molar refractivity (Wildman–Crippen MR) is 110 cm³/mol. The number of carbonyl (C=O) groups excluding carboxylic acids is 1. The van der Waals surface area contributed by atoms with Crippen LogP contribution in [0.2, 0.25) is 0 Å². The molecule has 2 aromatic rings. The third kappa shape index (κ3) is 6.05. The molecule has 0 fully saturated rings. The number of aryl methyl sites for hydroxylation is 2. The largest absolute Gasteiger partial charge is 0.350 e. The Labute approximate surface area is 166 Å². The van der Waals surface area contributed by atoms with Crippen molar-refractivity contribution in [3.8, 4) is 0 Å². The van der Waals surface area contributed by atoms with E-state index in [1.165, 1.54) is 28.6 Å². The molecule has 5 nitrogen and oxygen atoms in total. The zero-order valence-electron chi connectivity index (χ0n) is 16.7. The van der Waals surface area contributed by atoms with Crippen LogP contribution < -0.4 is 9.62 Å². The second kappa shape index (κ2) is 9.19. The van der Waals surface area contributed by atoms with Crippen molar-refractivity contribution in [2.45, 2.75) is 39.7 Å². The number of amides is 1. The van der Waals surface area contributed by atoms with Gasteiger partial charge in [-0.15, -0.1) is 0 Å². The summed E-state index contributed by atoms with van der Waals surface area (Å²) in [6, 6.07) is 11.2. The van der Waals surface area contributed by atoms with Crippen molar-refractivity contribution in [1.82, 2.24) is 5.32 Å². The number of sulfonamides is 1. The normalized spacial score (nSPS) is 12.5. The highest BCUT2D eigenvalue weighted by atomic mass is 32.2. The van der Waals surface area contributed by atoms with Gasteiger partial charge in [-0.1, -0.05) is 23.8 Å². The molecule has 0 radical (unpaired) electrons. The first-order valence-electron chi connectivity index (χ1n) is 9.17. The number of carbonyl (C=O) groups is 1. The molecule has 0 aromatic heterocycles. The van der Waals surface area contributed by atoms with Crippen LogP contribution in [0.25, 0.3) is 0 Å². The lowest BCUT2D eigenvalue weighted by atomic mass is 10.00. The van der Waals surface area contributed by atoms with Crippen molar-refractivity contribution in [2.24, 2.45) is 0 Å². The van der Waals surface area contributed by atoms with Crippen LogP contribution in [-0.4, -0.2) is 27.1 Å². The fourth-order valence-electron chi connectivity index (χ4n) is 3.09. The first-order valence-corrected chi connectivity index (χ1v) is 11.0. The van der Waals surface area contributed by atoms with Gasteiger partial charge in [-0.25, -0.2) is 12.8 Å². The van der Waals surface area contributed by atoms with Gasteiger partial charge in [0.2, 0.25) is 15.9 Å². The summed E-state index contributed by atoms with van der Waals surface area (Å²) in [7, 11) is -3.53. The molecule has 0 aliphatic rings. The van der Waals surface area contributed by atoms with E-state index in [0.717, 1.165) is 22.9 Å². The van der Waals surface area contributed by atoms with Crippen LogP contribution in [-0.2, 0) is 14.8 Å². The molecule has 2 rings (SSSR count). The summed E-state index contributed by atoms with van der Waals surface area (Å²) in [4.78, 5) is 12.3. The SMILES string of the molecule is Cc1ccc(C)c([C@@H](C)NC(=O)CCCN(c2ccc(F)cc2)S(C)(=O)=O)c1. The van der Waals surface area contributed by atoms with Crippen LogP contribution in [0.15, 0.2) is 42.5 Å². The molecule has 28 heavy (non-hydrogen) atoms. The van der Waals surface area contributed by atoms with Crippen molar-refractivity contribution in [3.05, 3.63) is 65.0 Å². The second-order valence-electron chi connectivity index (χ2n) is 7.06. The van der Waals surface area contributed by atoms with Gasteiger partial charge >= 0.3 is 0 Å². The highest BCUT2D eigenvalue weighted by molar-refractivity contribution is 7.92. The van der Waals surface area contributed by atoms with E-state index in [0.29, 0.717) is 12.1 Å². The first-order chi connectivity index (χ1) is 13.1. The van der Waals surface area contributed by atoms with Crippen LogP contribution in [0.5, 0.6) is 0 Å². The fourth-order valence-corrected chi connectivity index (χ4v) is 4.06. The minimum absolute atomic E-state index is 0.129. The lowest BCUT2D eigenvalue weighted by Gasteiger charge is -2.22. The van der Waals surface area contributed by atoms with Crippen LogP contribution in [0, 0.1) is 19.7 Å². The zero-order chi connectivity index (χ0) is 20.9. The summed E-state index contributed by atoms with van der Waals surface area (Å²) >= 11 is 0. The van der Waals surface area contributed by atoms with Gasteiger partial charge in [-0.3, -0.25) is 9.10 Å². The average Bonchev–Trinajstić information content (AvgIpc) is 2.60. The highest BCUT2D eigenvalue weighted by Gasteiger charge is 2.18. The molecular weight excluding hydrogens is 379 g/mol. The summed E-state index contributed by atoms with van der Waals surface area (Å²) in [5, 5.41) is 2.97. The quantitative estimate of drug-likeness (QED) is 0.724. The summed E-state index contributed by atoms with van der Waals surface area (Å²) in [5.74, 6) is -0.571. The van der Waals surface area contributed by atoms with Gasteiger partial charge in [0, 0.05) is 13.0 Å². The van der Waals surface area contributed by atoms with Gasteiger partial charge < -0.3 is 5.32 Å². The lowest BCUT2D eigenvalue weighted by molar-refractivity contribution is -0.121. The van der Waals surface area contributed by atoms with Crippen LogP contribution in [0.3, 0.4) is 0 Å². The van der Waals surface area contributed by atoms with E-state index >= 15 is 0 Å². The molecule has 0 heterocycles. The molecule has 7 heteroatoms. The molecule has 0 aliphatic carbocycles. The van der Waals surface area contributed by atoms with Crippen molar-refractivity contribution in [3.63, 3.8) is 0 Å². The molecule has 1 N–H and O–H groups in total. The Morgan fingerprint density at radius 1 is 1.14 bits per heavy atom. The maximum absolute atomic E-state index is 13.1. The van der Waals surface area contributed by atoms with Crippen molar-refractivity contribution in [2.75, 3.05) is 17.1 Å². The molecule has 0 saturated heterocycles. The predicted octanol–water partition coefficient (Wildman–Crippen LogP) is 3.87. The Bertz CT molecular complexity index is 927. The first kappa shape index (κ1) is 21.9. The Balaban J connectivity index is 1.95. The van der Waals surface area contributed by atoms with Gasteiger partial charge in [0.15, 0.2) is 0 Å². The Kier molecular flexibility index (Phi) is 7.18. The molecule has 1 amide bonds. The molecular formula is C21H27FN2O3S. The van der Waals surface area contributed by atoms with E-state index in [1.807, 2.05) is 32.9 Å². The zero-order valence-corrected chi connectivity index (χ0v) is 17.5. The van der Waals surface area contributed by atoms with Crippen molar-refractivity contribution in [1.29, 1.82) is 0 Å². The maximum atomic E-state index is 13.1. The number of hydrogen-bond donors (Lipinski definition) is 1. The molecule has 0 bridgehead atoms. The minimum atomic E-state index is -3.53. The lowest BCUT2D eigenvalue weighted by Crippen LogP contribution is -2.32. The van der Waals surface area contributed by atoms with Crippen LogP contribution >= 0.6 is 0 Å². The molecule has 0 unspecified atom stereocenters. The smallest absolute Gasteiger partial charge is 0.232 e. The fraction of sp³-hybridized carbons (Fsp3) is 0.381. The van der Waals surface area contributed by atoms with Crippen molar-refractivity contribution >= 4 is 21.6 Å². The van der Waals surface area contributed by atoms with Crippen LogP contribution in [0.1, 0.15) is 42.5 Å². The molecule has 1 atom stereocenters. The highest BCUT2D eigenvalue weighted by Crippen LogP contribution is 2.20. The third-order valence-electron chi connectivity index (χ3n) is 4.56. The summed E-state index contributed by atoms with van der Waals surface area (Å²) in [6.07, 6.45) is 1.65. The Morgan fingerprint density at radius 2 is 1.79 bits per heavy atom. The molecule has 0 spiro atoms. The average molecular weight is 407 g/mol. The minimum Gasteiger partial charge on any atom is -0.350 e. The van der Waals surface area contributed by atoms with Gasteiger partial charge in [0.25, 0.3) is 0 Å². The van der Waals surface area contributed by atoms with E-state index in [2.05, 4.69) is 11.4 Å².